The van der Waals surface area contributed by atoms with Crippen LogP contribution in [0, 0.1) is 12.7 Å². The summed E-state index contributed by atoms with van der Waals surface area (Å²) < 4.78 is 61.0. The summed E-state index contributed by atoms with van der Waals surface area (Å²) in [6.45, 7) is 0.652. The lowest BCUT2D eigenvalue weighted by Crippen LogP contribution is -2.56. The number of ether oxygens (including phenoxy) is 1. The molecule has 0 saturated carbocycles. The number of carbonyl (C=O) groups excluding carboxylic acids is 2. The first kappa shape index (κ1) is 21.3. The average Bonchev–Trinajstić information content (AvgIpc) is 3.17. The van der Waals surface area contributed by atoms with E-state index in [2.05, 4.69) is 20.8 Å². The van der Waals surface area contributed by atoms with Gasteiger partial charge in [-0.1, -0.05) is 6.07 Å². The Morgan fingerprint density at radius 3 is 2.50 bits per heavy atom. The molecule has 11 heteroatoms. The van der Waals surface area contributed by atoms with Crippen LogP contribution in [0.15, 0.2) is 48.5 Å². The molecule has 2 heterocycles. The van der Waals surface area contributed by atoms with E-state index in [1.807, 2.05) is 0 Å². The molecule has 32 heavy (non-hydrogen) atoms. The maximum atomic E-state index is 14.4. The molecule has 1 aliphatic heterocycles. The minimum absolute atomic E-state index is 0.0510. The number of halogens is 4. The van der Waals surface area contributed by atoms with Gasteiger partial charge >= 0.3 is 12.3 Å². The molecule has 0 aliphatic carbocycles. The standard InChI is InChI=1S/C21H16F4N4O3/c1-11-8-17(29-28-11)13-4-7-16-15(9-13)20(21(23,24)25,32-19(31)27-16)10-26-18(30)12-2-5-14(22)6-3-12/h2-9H,10H2,1H3,(H,26,30)(H,27,31)(H,28,29). The van der Waals surface area contributed by atoms with Crippen molar-refractivity contribution in [3.8, 4) is 11.3 Å². The van der Waals surface area contributed by atoms with Gasteiger partial charge in [-0.25, -0.2) is 9.18 Å². The summed E-state index contributed by atoms with van der Waals surface area (Å²) >= 11 is 0. The van der Waals surface area contributed by atoms with Crippen molar-refractivity contribution < 1.29 is 31.9 Å². The highest BCUT2D eigenvalue weighted by atomic mass is 19.4. The van der Waals surface area contributed by atoms with Gasteiger partial charge in [0, 0.05) is 22.4 Å². The fourth-order valence-electron chi connectivity index (χ4n) is 3.41. The SMILES string of the molecule is Cc1cc(-c2ccc3c(c2)C(CNC(=O)c2ccc(F)cc2)(C(F)(F)F)OC(=O)N3)n[nH]1. The molecule has 1 atom stereocenters. The number of hydrogen-bond acceptors (Lipinski definition) is 4. The van der Waals surface area contributed by atoms with Gasteiger partial charge in [0.15, 0.2) is 0 Å². The highest BCUT2D eigenvalue weighted by molar-refractivity contribution is 5.94. The smallest absolute Gasteiger partial charge is 0.426 e. The molecule has 1 aromatic heterocycles. The Labute approximate surface area is 178 Å². The van der Waals surface area contributed by atoms with E-state index < -0.39 is 36.1 Å². The van der Waals surface area contributed by atoms with E-state index in [0.717, 1.165) is 24.3 Å². The molecule has 7 nitrogen and oxygen atoms in total. The third-order valence-electron chi connectivity index (χ3n) is 5.02. The monoisotopic (exact) mass is 448 g/mol. The van der Waals surface area contributed by atoms with Gasteiger partial charge in [0.2, 0.25) is 0 Å². The number of alkyl halides is 3. The fraction of sp³-hybridized carbons (Fsp3) is 0.190. The van der Waals surface area contributed by atoms with Crippen LogP contribution in [0.3, 0.4) is 0 Å². The highest BCUT2D eigenvalue weighted by Gasteiger charge is 2.62. The number of anilines is 1. The Hall–Kier alpha value is -3.89. The summed E-state index contributed by atoms with van der Waals surface area (Å²) in [4.78, 5) is 24.4. The van der Waals surface area contributed by atoms with Crippen LogP contribution in [0.1, 0.15) is 21.6 Å². The molecule has 1 unspecified atom stereocenters. The van der Waals surface area contributed by atoms with Crippen molar-refractivity contribution in [2.45, 2.75) is 18.7 Å². The Kier molecular flexibility index (Phi) is 5.11. The van der Waals surface area contributed by atoms with Crippen LogP contribution in [0.2, 0.25) is 0 Å². The molecule has 0 spiro atoms. The summed E-state index contributed by atoms with van der Waals surface area (Å²) in [7, 11) is 0. The lowest BCUT2D eigenvalue weighted by atomic mass is 9.88. The van der Waals surface area contributed by atoms with Crippen molar-refractivity contribution in [1.29, 1.82) is 0 Å². The van der Waals surface area contributed by atoms with Gasteiger partial charge in [-0.2, -0.15) is 18.3 Å². The van der Waals surface area contributed by atoms with Gasteiger partial charge < -0.3 is 10.1 Å². The predicted molar refractivity (Wildman–Crippen MR) is 105 cm³/mol. The zero-order chi connectivity index (χ0) is 23.1. The number of carbonyl (C=O) groups is 2. The van der Waals surface area contributed by atoms with Gasteiger partial charge in [0.05, 0.1) is 17.9 Å². The summed E-state index contributed by atoms with van der Waals surface area (Å²) in [5.74, 6) is -1.49. The first-order chi connectivity index (χ1) is 15.1. The number of nitrogens with zero attached hydrogens (tertiary/aromatic N) is 1. The number of cyclic esters (lactones) is 1. The van der Waals surface area contributed by atoms with Crippen LogP contribution in [0.4, 0.5) is 28.0 Å². The largest absolute Gasteiger partial charge is 0.434 e. The predicted octanol–water partition coefficient (Wildman–Crippen LogP) is 4.27. The topological polar surface area (TPSA) is 96.1 Å². The molecule has 4 rings (SSSR count). The van der Waals surface area contributed by atoms with Gasteiger partial charge in [-0.05, 0) is 49.4 Å². The highest BCUT2D eigenvalue weighted by Crippen LogP contribution is 2.48. The normalized spacial score (nSPS) is 17.8. The molecule has 166 valence electrons. The van der Waals surface area contributed by atoms with Crippen LogP contribution < -0.4 is 10.6 Å². The van der Waals surface area contributed by atoms with Crippen molar-refractivity contribution in [1.82, 2.24) is 15.5 Å². The average molecular weight is 448 g/mol. The van der Waals surface area contributed by atoms with E-state index in [0.29, 0.717) is 17.0 Å². The van der Waals surface area contributed by atoms with Crippen LogP contribution in [0.25, 0.3) is 11.3 Å². The Balaban J connectivity index is 1.75. The summed E-state index contributed by atoms with van der Waals surface area (Å²) in [5, 5.41) is 11.2. The van der Waals surface area contributed by atoms with Crippen LogP contribution in [-0.2, 0) is 10.3 Å². The Bertz CT molecular complexity index is 1190. The molecule has 0 bridgehead atoms. The molecular formula is C21H16F4N4O3. The fourth-order valence-corrected chi connectivity index (χ4v) is 3.41. The molecule has 0 radical (unpaired) electrons. The van der Waals surface area contributed by atoms with E-state index in [1.165, 1.54) is 18.2 Å². The van der Waals surface area contributed by atoms with E-state index in [1.54, 1.807) is 13.0 Å². The zero-order valence-corrected chi connectivity index (χ0v) is 16.5. The third-order valence-corrected chi connectivity index (χ3v) is 5.02. The number of H-pyrrole nitrogens is 1. The minimum Gasteiger partial charge on any atom is -0.426 e. The number of nitrogens with one attached hydrogen (secondary N) is 3. The Morgan fingerprint density at radius 2 is 1.88 bits per heavy atom. The number of aromatic amines is 1. The maximum Gasteiger partial charge on any atom is 0.434 e. The molecule has 0 fully saturated rings. The molecule has 2 amide bonds. The van der Waals surface area contributed by atoms with Crippen molar-refractivity contribution >= 4 is 17.7 Å². The van der Waals surface area contributed by atoms with Crippen molar-refractivity contribution in [2.24, 2.45) is 0 Å². The number of aromatic nitrogens is 2. The van der Waals surface area contributed by atoms with E-state index in [-0.39, 0.29) is 16.8 Å². The maximum absolute atomic E-state index is 14.4. The second-order valence-electron chi connectivity index (χ2n) is 7.23. The van der Waals surface area contributed by atoms with Crippen molar-refractivity contribution in [3.63, 3.8) is 0 Å². The molecular weight excluding hydrogens is 432 g/mol. The van der Waals surface area contributed by atoms with E-state index in [4.69, 9.17) is 4.74 Å². The number of fused-ring (bicyclic) bond motifs is 1. The summed E-state index contributed by atoms with van der Waals surface area (Å²) in [6.07, 6.45) is -6.38. The third kappa shape index (κ3) is 3.77. The van der Waals surface area contributed by atoms with Crippen LogP contribution >= 0.6 is 0 Å². The lowest BCUT2D eigenvalue weighted by molar-refractivity contribution is -0.261. The van der Waals surface area contributed by atoms with Crippen LogP contribution in [0.5, 0.6) is 0 Å². The van der Waals surface area contributed by atoms with Gasteiger partial charge in [0.1, 0.15) is 5.82 Å². The lowest BCUT2D eigenvalue weighted by Gasteiger charge is -2.39. The Morgan fingerprint density at radius 1 is 1.16 bits per heavy atom. The van der Waals surface area contributed by atoms with Gasteiger partial charge in [-0.15, -0.1) is 0 Å². The second kappa shape index (κ2) is 7.66. The van der Waals surface area contributed by atoms with Crippen molar-refractivity contribution in [2.75, 3.05) is 11.9 Å². The first-order valence-corrected chi connectivity index (χ1v) is 9.36. The molecule has 1 aliphatic rings. The van der Waals surface area contributed by atoms with Gasteiger partial charge in [0.25, 0.3) is 11.5 Å². The van der Waals surface area contributed by atoms with Crippen molar-refractivity contribution in [3.05, 3.63) is 71.2 Å². The van der Waals surface area contributed by atoms with E-state index in [9.17, 15) is 27.2 Å². The number of benzene rings is 2. The zero-order valence-electron chi connectivity index (χ0n) is 16.5. The molecule has 2 aromatic carbocycles. The second-order valence-corrected chi connectivity index (χ2v) is 7.23. The number of aryl methyl sites for hydroxylation is 1. The first-order valence-electron chi connectivity index (χ1n) is 9.36. The number of rotatable bonds is 4. The summed E-state index contributed by atoms with van der Waals surface area (Å²) in [5.41, 5.74) is -2.24. The minimum atomic E-state index is -5.07. The summed E-state index contributed by atoms with van der Waals surface area (Å²) in [6, 6.07) is 9.96. The van der Waals surface area contributed by atoms with Gasteiger partial charge in [-0.3, -0.25) is 15.2 Å². The van der Waals surface area contributed by atoms with E-state index >= 15 is 0 Å². The van der Waals surface area contributed by atoms with Crippen LogP contribution in [-0.4, -0.2) is 34.9 Å². The number of hydrogen-bond donors (Lipinski definition) is 3. The molecule has 0 saturated heterocycles. The molecule has 3 N–H and O–H groups in total. The molecule has 3 aromatic rings. The quantitative estimate of drug-likeness (QED) is 0.520. The number of amides is 2.